The molecule has 2 aliphatic carbocycles. The molecule has 0 radical (unpaired) electrons. The second-order valence-corrected chi connectivity index (χ2v) is 5.58. The van der Waals surface area contributed by atoms with E-state index in [1.54, 1.807) is 0 Å². The average Bonchev–Trinajstić information content (AvgIpc) is 2.68. The molecular formula is C13H23N3. The first kappa shape index (κ1) is 11.9. The Balaban J connectivity index is 1.85. The minimum atomic E-state index is -0.251. The Kier molecular flexibility index (Phi) is 3.51. The number of nitrogens with zero attached hydrogens (tertiary/aromatic N) is 2. The summed E-state index contributed by atoms with van der Waals surface area (Å²) in [7, 11) is 4.14. The molecular weight excluding hydrogens is 198 g/mol. The summed E-state index contributed by atoms with van der Waals surface area (Å²) in [5.41, 5.74) is -0.251. The number of nitrogens with one attached hydrogen (secondary N) is 1. The molecule has 0 amide bonds. The maximum Gasteiger partial charge on any atom is 0.108 e. The normalized spacial score (nSPS) is 35.0. The monoisotopic (exact) mass is 221 g/mol. The van der Waals surface area contributed by atoms with E-state index in [-0.39, 0.29) is 5.54 Å². The molecule has 2 rings (SSSR count). The molecule has 1 N–H and O–H groups in total. The number of nitriles is 1. The molecule has 2 atom stereocenters. The van der Waals surface area contributed by atoms with Gasteiger partial charge < -0.3 is 10.2 Å². The zero-order valence-corrected chi connectivity index (χ0v) is 10.5. The van der Waals surface area contributed by atoms with Crippen molar-refractivity contribution in [2.75, 3.05) is 20.6 Å². The summed E-state index contributed by atoms with van der Waals surface area (Å²) in [4.78, 5) is 2.49. The molecule has 0 saturated heterocycles. The van der Waals surface area contributed by atoms with Gasteiger partial charge in [0.1, 0.15) is 5.54 Å². The lowest BCUT2D eigenvalue weighted by Gasteiger charge is -2.33. The second-order valence-electron chi connectivity index (χ2n) is 5.58. The summed E-state index contributed by atoms with van der Waals surface area (Å²) in [5, 5.41) is 12.4. The molecule has 0 spiro atoms. The fraction of sp³-hybridized carbons (Fsp3) is 0.923. The van der Waals surface area contributed by atoms with Crippen LogP contribution in [0.5, 0.6) is 0 Å². The van der Waals surface area contributed by atoms with Crippen LogP contribution in [0.3, 0.4) is 0 Å². The highest BCUT2D eigenvalue weighted by molar-refractivity contribution is 5.12. The Morgan fingerprint density at radius 3 is 2.62 bits per heavy atom. The van der Waals surface area contributed by atoms with Crippen LogP contribution >= 0.6 is 0 Å². The number of hydrogen-bond donors (Lipinski definition) is 1. The van der Waals surface area contributed by atoms with Crippen LogP contribution in [0, 0.1) is 17.2 Å². The fourth-order valence-electron chi connectivity index (χ4n) is 3.01. The largest absolute Gasteiger partial charge is 0.303 e. The molecule has 0 bridgehead atoms. The van der Waals surface area contributed by atoms with Gasteiger partial charge in [0.2, 0.25) is 0 Å². The Morgan fingerprint density at radius 2 is 2.19 bits per heavy atom. The third kappa shape index (κ3) is 2.23. The van der Waals surface area contributed by atoms with Crippen molar-refractivity contribution in [2.24, 2.45) is 5.92 Å². The van der Waals surface area contributed by atoms with Crippen molar-refractivity contribution in [2.45, 2.75) is 50.1 Å². The third-order valence-electron chi connectivity index (χ3n) is 4.58. The minimum Gasteiger partial charge on any atom is -0.303 e. The molecule has 16 heavy (non-hydrogen) atoms. The highest BCUT2D eigenvalue weighted by Gasteiger charge is 2.40. The number of rotatable bonds is 4. The van der Waals surface area contributed by atoms with Crippen molar-refractivity contribution in [1.82, 2.24) is 10.2 Å². The van der Waals surface area contributed by atoms with Gasteiger partial charge in [0.05, 0.1) is 6.07 Å². The van der Waals surface area contributed by atoms with E-state index in [9.17, 15) is 5.26 Å². The fourth-order valence-corrected chi connectivity index (χ4v) is 3.01. The molecule has 3 heteroatoms. The predicted molar refractivity (Wildman–Crippen MR) is 65.0 cm³/mol. The van der Waals surface area contributed by atoms with Crippen LogP contribution in [-0.4, -0.2) is 37.1 Å². The first-order valence-electron chi connectivity index (χ1n) is 6.49. The van der Waals surface area contributed by atoms with E-state index in [1.807, 2.05) is 7.05 Å². The van der Waals surface area contributed by atoms with Crippen molar-refractivity contribution < 1.29 is 0 Å². The summed E-state index contributed by atoms with van der Waals surface area (Å²) in [6.45, 7) is 1.23. The lowest BCUT2D eigenvalue weighted by Crippen LogP contribution is -2.42. The molecule has 0 heterocycles. The highest BCUT2D eigenvalue weighted by atomic mass is 15.1. The van der Waals surface area contributed by atoms with E-state index in [0.29, 0.717) is 6.04 Å². The maximum atomic E-state index is 9.22. The van der Waals surface area contributed by atoms with Crippen molar-refractivity contribution >= 4 is 0 Å². The van der Waals surface area contributed by atoms with Gasteiger partial charge in [-0.15, -0.1) is 0 Å². The van der Waals surface area contributed by atoms with Gasteiger partial charge in [-0.1, -0.05) is 6.42 Å². The molecule has 2 fully saturated rings. The van der Waals surface area contributed by atoms with E-state index in [4.69, 9.17) is 0 Å². The maximum absolute atomic E-state index is 9.22. The van der Waals surface area contributed by atoms with Gasteiger partial charge >= 0.3 is 0 Å². The minimum absolute atomic E-state index is 0.251. The van der Waals surface area contributed by atoms with Crippen molar-refractivity contribution in [3.05, 3.63) is 0 Å². The standard InChI is InChI=1S/C13H23N3/c1-15-13(10-14)7-6-12(8-13)16(2)9-11-4-3-5-11/h11-12,15H,3-9H2,1-2H3. The van der Waals surface area contributed by atoms with Crippen molar-refractivity contribution in [3.63, 3.8) is 0 Å². The summed E-state index contributed by atoms with van der Waals surface area (Å²) < 4.78 is 0. The van der Waals surface area contributed by atoms with Crippen LogP contribution in [0.4, 0.5) is 0 Å². The van der Waals surface area contributed by atoms with Crippen molar-refractivity contribution in [1.29, 1.82) is 5.26 Å². The van der Waals surface area contributed by atoms with Crippen LogP contribution in [0.25, 0.3) is 0 Å². The molecule has 3 nitrogen and oxygen atoms in total. The zero-order valence-electron chi connectivity index (χ0n) is 10.5. The third-order valence-corrected chi connectivity index (χ3v) is 4.58. The van der Waals surface area contributed by atoms with Gasteiger partial charge in [-0.2, -0.15) is 5.26 Å². The topological polar surface area (TPSA) is 39.1 Å². The average molecular weight is 221 g/mol. The van der Waals surface area contributed by atoms with Gasteiger partial charge in [-0.25, -0.2) is 0 Å². The van der Waals surface area contributed by atoms with Crippen LogP contribution in [0.15, 0.2) is 0 Å². The van der Waals surface area contributed by atoms with Gasteiger partial charge in [0.25, 0.3) is 0 Å². The summed E-state index contributed by atoms with van der Waals surface area (Å²) in [6, 6.07) is 3.06. The lowest BCUT2D eigenvalue weighted by molar-refractivity contribution is 0.160. The molecule has 2 saturated carbocycles. The summed E-state index contributed by atoms with van der Waals surface area (Å²) in [5.74, 6) is 0.927. The highest BCUT2D eigenvalue weighted by Crippen LogP contribution is 2.34. The molecule has 0 aromatic rings. The second kappa shape index (κ2) is 4.73. The van der Waals surface area contributed by atoms with E-state index in [1.165, 1.54) is 25.8 Å². The Bertz CT molecular complexity index is 279. The Morgan fingerprint density at radius 1 is 1.44 bits per heavy atom. The first-order valence-corrected chi connectivity index (χ1v) is 6.49. The van der Waals surface area contributed by atoms with Crippen molar-refractivity contribution in [3.8, 4) is 6.07 Å². The van der Waals surface area contributed by atoms with Gasteiger partial charge in [-0.3, -0.25) is 0 Å². The van der Waals surface area contributed by atoms with Gasteiger partial charge in [0.15, 0.2) is 0 Å². The lowest BCUT2D eigenvalue weighted by atomic mass is 9.85. The van der Waals surface area contributed by atoms with E-state index < -0.39 is 0 Å². The molecule has 0 aliphatic heterocycles. The molecule has 90 valence electrons. The molecule has 0 aromatic carbocycles. The zero-order chi connectivity index (χ0) is 11.6. The quantitative estimate of drug-likeness (QED) is 0.786. The number of hydrogen-bond acceptors (Lipinski definition) is 3. The molecule has 0 aromatic heterocycles. The van der Waals surface area contributed by atoms with E-state index in [0.717, 1.165) is 25.2 Å². The first-order chi connectivity index (χ1) is 7.69. The predicted octanol–water partition coefficient (Wildman–Crippen LogP) is 1.75. The molecule has 2 unspecified atom stereocenters. The van der Waals surface area contributed by atoms with Crippen LogP contribution in [-0.2, 0) is 0 Å². The van der Waals surface area contributed by atoms with Gasteiger partial charge in [0, 0.05) is 12.6 Å². The smallest absolute Gasteiger partial charge is 0.108 e. The van der Waals surface area contributed by atoms with Gasteiger partial charge in [-0.05, 0) is 52.1 Å². The van der Waals surface area contributed by atoms with Crippen LogP contribution < -0.4 is 5.32 Å². The SMILES string of the molecule is CNC1(C#N)CCC(N(C)CC2CCC2)C1. The van der Waals surface area contributed by atoms with Crippen LogP contribution in [0.1, 0.15) is 38.5 Å². The van der Waals surface area contributed by atoms with E-state index in [2.05, 4.69) is 23.3 Å². The summed E-state index contributed by atoms with van der Waals surface area (Å²) >= 11 is 0. The molecule has 2 aliphatic rings. The summed E-state index contributed by atoms with van der Waals surface area (Å²) in [6.07, 6.45) is 7.39. The Hall–Kier alpha value is -0.590. The van der Waals surface area contributed by atoms with E-state index >= 15 is 0 Å². The van der Waals surface area contributed by atoms with Crippen LogP contribution in [0.2, 0.25) is 0 Å². The Labute approximate surface area is 98.8 Å².